The Hall–Kier alpha value is -1.49. The zero-order valence-corrected chi connectivity index (χ0v) is 7.95. The van der Waals surface area contributed by atoms with Gasteiger partial charge in [-0.1, -0.05) is 0 Å². The fraction of sp³-hybridized carbons (Fsp3) is 0.300. The van der Waals surface area contributed by atoms with Crippen molar-refractivity contribution in [3.63, 3.8) is 0 Å². The van der Waals surface area contributed by atoms with Crippen LogP contribution in [-0.2, 0) is 4.79 Å². The Morgan fingerprint density at radius 1 is 1.40 bits per heavy atom. The number of hydrogen-bond acceptors (Lipinski definition) is 2. The Kier molecular flexibility index (Phi) is 3.36. The highest BCUT2D eigenvalue weighted by Crippen LogP contribution is 2.25. The van der Waals surface area contributed by atoms with Crippen molar-refractivity contribution >= 4 is 5.97 Å². The lowest BCUT2D eigenvalue weighted by molar-refractivity contribution is -0.145. The van der Waals surface area contributed by atoms with Gasteiger partial charge in [-0.05, 0) is 25.1 Å². The molecule has 0 aliphatic rings. The number of benzene rings is 1. The third-order valence-corrected chi connectivity index (χ3v) is 2.14. The maximum Gasteiger partial charge on any atom is 0.309 e. The van der Waals surface area contributed by atoms with Crippen molar-refractivity contribution < 1.29 is 23.8 Å². The van der Waals surface area contributed by atoms with E-state index in [1.54, 1.807) is 0 Å². The summed E-state index contributed by atoms with van der Waals surface area (Å²) in [6.07, 6.45) is -1.56. The summed E-state index contributed by atoms with van der Waals surface area (Å²) in [7, 11) is 0. The Balaban J connectivity index is 3.04. The van der Waals surface area contributed by atoms with E-state index in [-0.39, 0.29) is 5.56 Å². The van der Waals surface area contributed by atoms with E-state index < -0.39 is 29.6 Å². The molecule has 0 amide bonds. The molecule has 1 aromatic carbocycles. The summed E-state index contributed by atoms with van der Waals surface area (Å²) >= 11 is 0. The van der Waals surface area contributed by atoms with Gasteiger partial charge in [0.25, 0.3) is 0 Å². The molecule has 1 aromatic rings. The third-order valence-electron chi connectivity index (χ3n) is 2.14. The second-order valence-electron chi connectivity index (χ2n) is 3.24. The summed E-state index contributed by atoms with van der Waals surface area (Å²) in [5, 5.41) is 18.1. The highest BCUT2D eigenvalue weighted by atomic mass is 19.1. The van der Waals surface area contributed by atoms with E-state index in [0.29, 0.717) is 0 Å². The number of halogens is 2. The van der Waals surface area contributed by atoms with Crippen LogP contribution >= 0.6 is 0 Å². The predicted octanol–water partition coefficient (Wildman–Crippen LogP) is 1.72. The van der Waals surface area contributed by atoms with Crippen molar-refractivity contribution in [1.29, 1.82) is 0 Å². The number of rotatable bonds is 3. The molecule has 0 saturated heterocycles. The van der Waals surface area contributed by atoms with Crippen LogP contribution in [0.15, 0.2) is 18.2 Å². The molecule has 0 bridgehead atoms. The molecule has 15 heavy (non-hydrogen) atoms. The van der Waals surface area contributed by atoms with Gasteiger partial charge in [-0.3, -0.25) is 4.79 Å². The molecule has 0 heterocycles. The molecule has 1 rings (SSSR count). The Bertz CT molecular complexity index is 379. The van der Waals surface area contributed by atoms with Gasteiger partial charge in [0.1, 0.15) is 11.6 Å². The van der Waals surface area contributed by atoms with Crippen LogP contribution in [0.5, 0.6) is 0 Å². The van der Waals surface area contributed by atoms with Gasteiger partial charge in [0.05, 0.1) is 12.0 Å². The molecular formula is C10H10F2O3. The first-order valence-corrected chi connectivity index (χ1v) is 4.29. The number of carboxylic acids is 1. The van der Waals surface area contributed by atoms with Gasteiger partial charge >= 0.3 is 5.97 Å². The van der Waals surface area contributed by atoms with E-state index in [1.807, 2.05) is 0 Å². The smallest absolute Gasteiger partial charge is 0.309 e. The van der Waals surface area contributed by atoms with Gasteiger partial charge in [0.15, 0.2) is 0 Å². The van der Waals surface area contributed by atoms with Crippen molar-refractivity contribution in [3.8, 4) is 0 Å². The van der Waals surface area contributed by atoms with Crippen LogP contribution in [0.2, 0.25) is 0 Å². The van der Waals surface area contributed by atoms with Crippen molar-refractivity contribution in [3.05, 3.63) is 35.4 Å². The number of hydrogen-bond donors (Lipinski definition) is 2. The lowest BCUT2D eigenvalue weighted by atomic mass is 9.97. The molecule has 0 spiro atoms. The monoisotopic (exact) mass is 216 g/mol. The van der Waals surface area contributed by atoms with Gasteiger partial charge < -0.3 is 10.2 Å². The van der Waals surface area contributed by atoms with Crippen molar-refractivity contribution in [2.75, 3.05) is 0 Å². The Morgan fingerprint density at radius 3 is 2.53 bits per heavy atom. The molecule has 3 nitrogen and oxygen atoms in total. The van der Waals surface area contributed by atoms with Crippen LogP contribution < -0.4 is 0 Å². The number of carbonyl (C=O) groups is 1. The van der Waals surface area contributed by atoms with E-state index in [4.69, 9.17) is 5.11 Å². The number of aliphatic hydroxyl groups excluding tert-OH is 1. The van der Waals surface area contributed by atoms with Gasteiger partial charge in [-0.2, -0.15) is 0 Å². The van der Waals surface area contributed by atoms with E-state index in [9.17, 15) is 18.7 Å². The van der Waals surface area contributed by atoms with Crippen LogP contribution in [0.25, 0.3) is 0 Å². The SMILES string of the molecule is CC(C(=O)O)C(O)c1cc(F)ccc1F. The second-order valence-corrected chi connectivity index (χ2v) is 3.24. The zero-order valence-electron chi connectivity index (χ0n) is 7.95. The summed E-state index contributed by atoms with van der Waals surface area (Å²) in [5.41, 5.74) is -0.343. The molecule has 2 unspecified atom stereocenters. The van der Waals surface area contributed by atoms with Crippen molar-refractivity contribution in [1.82, 2.24) is 0 Å². The molecule has 0 radical (unpaired) electrons. The number of carboxylic acid groups (broad SMARTS) is 1. The maximum absolute atomic E-state index is 13.1. The first-order valence-electron chi connectivity index (χ1n) is 4.29. The summed E-state index contributed by atoms with van der Waals surface area (Å²) in [5.74, 6) is -4.01. The zero-order chi connectivity index (χ0) is 11.6. The normalized spacial score (nSPS) is 14.7. The number of aliphatic carboxylic acids is 1. The molecule has 0 aromatic heterocycles. The molecule has 2 atom stereocenters. The molecule has 82 valence electrons. The van der Waals surface area contributed by atoms with E-state index >= 15 is 0 Å². The van der Waals surface area contributed by atoms with Crippen molar-refractivity contribution in [2.45, 2.75) is 13.0 Å². The van der Waals surface area contributed by atoms with E-state index in [0.717, 1.165) is 18.2 Å². The molecule has 2 N–H and O–H groups in total. The molecule has 0 fully saturated rings. The standard InChI is InChI=1S/C10H10F2O3/c1-5(10(14)15)9(13)7-4-6(11)2-3-8(7)12/h2-5,9,13H,1H3,(H,14,15). The van der Waals surface area contributed by atoms with Crippen LogP contribution in [-0.4, -0.2) is 16.2 Å². The second kappa shape index (κ2) is 4.35. The largest absolute Gasteiger partial charge is 0.481 e. The van der Waals surface area contributed by atoms with Crippen LogP contribution in [0.3, 0.4) is 0 Å². The van der Waals surface area contributed by atoms with Gasteiger partial charge in [-0.25, -0.2) is 8.78 Å². The van der Waals surface area contributed by atoms with Crippen LogP contribution in [0.1, 0.15) is 18.6 Å². The van der Waals surface area contributed by atoms with Gasteiger partial charge in [0, 0.05) is 5.56 Å². The van der Waals surface area contributed by atoms with Gasteiger partial charge in [-0.15, -0.1) is 0 Å². The third kappa shape index (κ3) is 2.50. The molecule has 5 heteroatoms. The lowest BCUT2D eigenvalue weighted by Crippen LogP contribution is -2.19. The average Bonchev–Trinajstić information content (AvgIpc) is 2.19. The highest BCUT2D eigenvalue weighted by molar-refractivity contribution is 5.70. The molecular weight excluding hydrogens is 206 g/mol. The van der Waals surface area contributed by atoms with Gasteiger partial charge in [0.2, 0.25) is 0 Å². The first kappa shape index (κ1) is 11.6. The Labute approximate surface area is 85.0 Å². The maximum atomic E-state index is 13.1. The molecule has 0 aliphatic carbocycles. The summed E-state index contributed by atoms with van der Waals surface area (Å²) in [4.78, 5) is 10.5. The van der Waals surface area contributed by atoms with Crippen LogP contribution in [0, 0.1) is 17.6 Å². The first-order chi connectivity index (χ1) is 6.93. The molecule has 0 aliphatic heterocycles. The highest BCUT2D eigenvalue weighted by Gasteiger charge is 2.25. The number of aliphatic hydroxyl groups is 1. The lowest BCUT2D eigenvalue weighted by Gasteiger charge is -2.15. The Morgan fingerprint density at radius 2 is 2.00 bits per heavy atom. The molecule has 0 saturated carbocycles. The van der Waals surface area contributed by atoms with Crippen molar-refractivity contribution in [2.24, 2.45) is 5.92 Å². The minimum absolute atomic E-state index is 0.343. The summed E-state index contributed by atoms with van der Waals surface area (Å²) in [6, 6.07) is 2.54. The fourth-order valence-electron chi connectivity index (χ4n) is 1.15. The topological polar surface area (TPSA) is 57.5 Å². The predicted molar refractivity (Wildman–Crippen MR) is 48.1 cm³/mol. The minimum atomic E-state index is -1.56. The average molecular weight is 216 g/mol. The van der Waals surface area contributed by atoms with E-state index in [1.165, 1.54) is 6.92 Å². The quantitative estimate of drug-likeness (QED) is 0.808. The van der Waals surface area contributed by atoms with E-state index in [2.05, 4.69) is 0 Å². The van der Waals surface area contributed by atoms with Crippen LogP contribution in [0.4, 0.5) is 8.78 Å². The summed E-state index contributed by atoms with van der Waals surface area (Å²) in [6.45, 7) is 1.22. The fourth-order valence-corrected chi connectivity index (χ4v) is 1.15. The summed E-state index contributed by atoms with van der Waals surface area (Å²) < 4.78 is 25.9. The minimum Gasteiger partial charge on any atom is -0.481 e.